The van der Waals surface area contributed by atoms with Crippen molar-refractivity contribution < 1.29 is 14.3 Å². The molecule has 0 saturated carbocycles. The first-order chi connectivity index (χ1) is 9.33. The second-order valence-corrected chi connectivity index (χ2v) is 5.96. The van der Waals surface area contributed by atoms with Crippen molar-refractivity contribution in [3.8, 4) is 5.88 Å². The molecule has 0 N–H and O–H groups in total. The summed E-state index contributed by atoms with van der Waals surface area (Å²) >= 11 is 5.70. The van der Waals surface area contributed by atoms with Crippen LogP contribution in [0.1, 0.15) is 27.2 Å². The molecule has 0 aliphatic carbocycles. The summed E-state index contributed by atoms with van der Waals surface area (Å²) in [6, 6.07) is 1.64. The molecule has 0 spiro atoms. The molecule has 0 aromatic carbocycles. The molecule has 1 saturated heterocycles. The third-order valence-electron chi connectivity index (χ3n) is 2.68. The van der Waals surface area contributed by atoms with Crippen molar-refractivity contribution in [2.75, 3.05) is 13.1 Å². The van der Waals surface area contributed by atoms with E-state index in [0.717, 1.165) is 6.42 Å². The van der Waals surface area contributed by atoms with Crippen LogP contribution in [0.2, 0.25) is 5.28 Å². The molecular weight excluding hydrogens is 282 g/mol. The lowest BCUT2D eigenvalue weighted by Gasteiger charge is -2.24. The van der Waals surface area contributed by atoms with Crippen LogP contribution in [-0.4, -0.2) is 45.8 Å². The first-order valence-electron chi connectivity index (χ1n) is 6.46. The minimum absolute atomic E-state index is 0.103. The molecular formula is C13H18ClN3O3. The zero-order chi connectivity index (χ0) is 14.8. The first-order valence-corrected chi connectivity index (χ1v) is 6.84. The maximum absolute atomic E-state index is 11.9. The molecule has 1 aliphatic heterocycles. The van der Waals surface area contributed by atoms with E-state index in [4.69, 9.17) is 21.1 Å². The van der Waals surface area contributed by atoms with E-state index in [2.05, 4.69) is 9.97 Å². The third-order valence-corrected chi connectivity index (χ3v) is 2.87. The predicted molar refractivity (Wildman–Crippen MR) is 73.9 cm³/mol. The molecule has 6 nitrogen and oxygen atoms in total. The second kappa shape index (κ2) is 5.83. The Morgan fingerprint density at radius 2 is 2.25 bits per heavy atom. The Labute approximate surface area is 123 Å². The maximum atomic E-state index is 11.9. The fourth-order valence-electron chi connectivity index (χ4n) is 1.87. The van der Waals surface area contributed by atoms with Gasteiger partial charge in [0, 0.05) is 25.2 Å². The van der Waals surface area contributed by atoms with Gasteiger partial charge in [0.25, 0.3) is 0 Å². The number of hydrogen-bond donors (Lipinski definition) is 0. The van der Waals surface area contributed by atoms with E-state index in [9.17, 15) is 4.79 Å². The summed E-state index contributed by atoms with van der Waals surface area (Å²) in [7, 11) is 0. The van der Waals surface area contributed by atoms with Crippen molar-refractivity contribution in [2.45, 2.75) is 38.9 Å². The van der Waals surface area contributed by atoms with Crippen molar-refractivity contribution >= 4 is 17.7 Å². The van der Waals surface area contributed by atoms with Gasteiger partial charge in [0.15, 0.2) is 0 Å². The number of hydrogen-bond acceptors (Lipinski definition) is 5. The number of likely N-dealkylation sites (tertiary alicyclic amines) is 1. The van der Waals surface area contributed by atoms with Crippen LogP contribution in [0.5, 0.6) is 5.88 Å². The molecule has 1 aromatic rings. The Hall–Kier alpha value is -1.56. The molecule has 1 aromatic heterocycles. The van der Waals surface area contributed by atoms with Gasteiger partial charge in [0.1, 0.15) is 11.7 Å². The largest absolute Gasteiger partial charge is 0.472 e. The lowest BCUT2D eigenvalue weighted by molar-refractivity contribution is 0.0275. The Kier molecular flexibility index (Phi) is 4.32. The summed E-state index contributed by atoms with van der Waals surface area (Å²) in [5, 5.41) is 0.143. The van der Waals surface area contributed by atoms with Crippen molar-refractivity contribution in [1.29, 1.82) is 0 Å². The molecule has 0 unspecified atom stereocenters. The Balaban J connectivity index is 1.88. The summed E-state index contributed by atoms with van der Waals surface area (Å²) in [5.74, 6) is 0.418. The second-order valence-electron chi connectivity index (χ2n) is 5.62. The van der Waals surface area contributed by atoms with Gasteiger partial charge < -0.3 is 14.4 Å². The zero-order valence-corrected chi connectivity index (χ0v) is 12.6. The van der Waals surface area contributed by atoms with Gasteiger partial charge in [-0.1, -0.05) is 0 Å². The van der Waals surface area contributed by atoms with Crippen LogP contribution in [0.15, 0.2) is 12.3 Å². The van der Waals surface area contributed by atoms with E-state index in [0.29, 0.717) is 19.0 Å². The van der Waals surface area contributed by atoms with Gasteiger partial charge in [0.2, 0.25) is 11.2 Å². The van der Waals surface area contributed by atoms with E-state index < -0.39 is 5.60 Å². The fraction of sp³-hybridized carbons (Fsp3) is 0.615. The SMILES string of the molecule is CC(C)(C)OC(=O)N1CC[C@@H](Oc2ccnc(Cl)n2)C1. The molecule has 2 heterocycles. The van der Waals surface area contributed by atoms with Gasteiger partial charge in [-0.25, -0.2) is 9.78 Å². The van der Waals surface area contributed by atoms with Crippen LogP contribution in [0.25, 0.3) is 0 Å². The molecule has 0 radical (unpaired) electrons. The van der Waals surface area contributed by atoms with Crippen molar-refractivity contribution in [1.82, 2.24) is 14.9 Å². The summed E-state index contributed by atoms with van der Waals surface area (Å²) in [5.41, 5.74) is -0.490. The van der Waals surface area contributed by atoms with Gasteiger partial charge in [-0.2, -0.15) is 4.98 Å². The lowest BCUT2D eigenvalue weighted by Crippen LogP contribution is -2.36. The first kappa shape index (κ1) is 14.8. The van der Waals surface area contributed by atoms with Crippen LogP contribution in [0, 0.1) is 0 Å². The van der Waals surface area contributed by atoms with Crippen molar-refractivity contribution in [2.24, 2.45) is 0 Å². The van der Waals surface area contributed by atoms with E-state index in [1.54, 1.807) is 11.0 Å². The van der Waals surface area contributed by atoms with Crippen LogP contribution in [-0.2, 0) is 4.74 Å². The predicted octanol–water partition coefficient (Wildman–Crippen LogP) is 2.52. The monoisotopic (exact) mass is 299 g/mol. The number of ether oxygens (including phenoxy) is 2. The van der Waals surface area contributed by atoms with Gasteiger partial charge in [-0.15, -0.1) is 0 Å². The molecule has 1 atom stereocenters. The number of halogens is 1. The van der Waals surface area contributed by atoms with E-state index in [-0.39, 0.29) is 17.5 Å². The number of rotatable bonds is 2. The smallest absolute Gasteiger partial charge is 0.410 e. The third kappa shape index (κ3) is 4.23. The number of carbonyl (C=O) groups is 1. The lowest BCUT2D eigenvalue weighted by atomic mass is 10.2. The number of carbonyl (C=O) groups excluding carboxylic acids is 1. The van der Waals surface area contributed by atoms with E-state index in [1.807, 2.05) is 20.8 Å². The maximum Gasteiger partial charge on any atom is 0.410 e. The molecule has 0 bridgehead atoms. The summed E-state index contributed by atoms with van der Waals surface area (Å²) in [6.07, 6.45) is 1.85. The highest BCUT2D eigenvalue weighted by Gasteiger charge is 2.31. The minimum atomic E-state index is -0.490. The number of aromatic nitrogens is 2. The Bertz CT molecular complexity index is 490. The highest BCUT2D eigenvalue weighted by atomic mass is 35.5. The van der Waals surface area contributed by atoms with Gasteiger partial charge in [0.05, 0.1) is 6.54 Å². The average molecular weight is 300 g/mol. The molecule has 110 valence electrons. The molecule has 1 fully saturated rings. The zero-order valence-electron chi connectivity index (χ0n) is 11.8. The topological polar surface area (TPSA) is 64.5 Å². The van der Waals surface area contributed by atoms with Crippen LogP contribution in [0.3, 0.4) is 0 Å². The molecule has 7 heteroatoms. The van der Waals surface area contributed by atoms with Gasteiger partial charge >= 0.3 is 6.09 Å². The Morgan fingerprint density at radius 1 is 1.50 bits per heavy atom. The molecule has 1 aliphatic rings. The normalized spacial score (nSPS) is 19.0. The van der Waals surface area contributed by atoms with Crippen molar-refractivity contribution in [3.63, 3.8) is 0 Å². The molecule has 20 heavy (non-hydrogen) atoms. The van der Waals surface area contributed by atoms with Gasteiger partial charge in [-0.3, -0.25) is 0 Å². The summed E-state index contributed by atoms with van der Waals surface area (Å²) in [4.78, 5) is 21.3. The standard InChI is InChI=1S/C13H18ClN3O3/c1-13(2,3)20-12(18)17-7-5-9(8-17)19-10-4-6-15-11(14)16-10/h4,6,9H,5,7-8H2,1-3H3/t9-/m1/s1. The number of amides is 1. The van der Waals surface area contributed by atoms with Crippen LogP contribution >= 0.6 is 11.6 Å². The van der Waals surface area contributed by atoms with E-state index in [1.165, 1.54) is 6.20 Å². The Morgan fingerprint density at radius 3 is 2.90 bits per heavy atom. The minimum Gasteiger partial charge on any atom is -0.472 e. The summed E-state index contributed by atoms with van der Waals surface area (Å²) in [6.45, 7) is 6.63. The molecule has 1 amide bonds. The van der Waals surface area contributed by atoms with Gasteiger partial charge in [-0.05, 0) is 32.4 Å². The van der Waals surface area contributed by atoms with Crippen LogP contribution < -0.4 is 4.74 Å². The summed E-state index contributed by atoms with van der Waals surface area (Å²) < 4.78 is 11.0. The average Bonchev–Trinajstić information content (AvgIpc) is 2.75. The van der Waals surface area contributed by atoms with Crippen molar-refractivity contribution in [3.05, 3.63) is 17.5 Å². The highest BCUT2D eigenvalue weighted by molar-refractivity contribution is 6.28. The van der Waals surface area contributed by atoms with Crippen LogP contribution in [0.4, 0.5) is 4.79 Å². The fourth-order valence-corrected chi connectivity index (χ4v) is 2.01. The van der Waals surface area contributed by atoms with E-state index >= 15 is 0 Å². The highest BCUT2D eigenvalue weighted by Crippen LogP contribution is 2.19. The molecule has 2 rings (SSSR count). The number of nitrogens with zero attached hydrogens (tertiary/aromatic N) is 3. The quantitative estimate of drug-likeness (QED) is 0.785.